The lowest BCUT2D eigenvalue weighted by Crippen LogP contribution is -2.46. The fourth-order valence-electron chi connectivity index (χ4n) is 2.46. The van der Waals surface area contributed by atoms with Crippen LogP contribution >= 0.6 is 0 Å². The summed E-state index contributed by atoms with van der Waals surface area (Å²) < 4.78 is 13.8. The summed E-state index contributed by atoms with van der Waals surface area (Å²) in [6, 6.07) is 4.49. The third-order valence-electron chi connectivity index (χ3n) is 3.80. The van der Waals surface area contributed by atoms with Crippen LogP contribution in [0.4, 0.5) is 10.1 Å². The number of hydrogen-bond acceptors (Lipinski definition) is 3. The van der Waals surface area contributed by atoms with E-state index in [9.17, 15) is 14.3 Å². The first-order valence-electron chi connectivity index (χ1n) is 7.04. The number of nitrogens with zero attached hydrogens (tertiary/aromatic N) is 1. The van der Waals surface area contributed by atoms with Crippen molar-refractivity contribution in [3.8, 4) is 0 Å². The molecule has 0 aliphatic carbocycles. The fraction of sp³-hybridized carbons (Fsp3) is 0.533. The molecule has 1 aromatic carbocycles. The van der Waals surface area contributed by atoms with Gasteiger partial charge in [-0.2, -0.15) is 0 Å². The summed E-state index contributed by atoms with van der Waals surface area (Å²) in [4.78, 5) is 14.1. The number of aliphatic hydroxyl groups excluding tert-OH is 1. The van der Waals surface area contributed by atoms with Crippen molar-refractivity contribution in [1.82, 2.24) is 4.90 Å². The molecule has 2 rings (SSSR count). The number of likely N-dealkylation sites (tertiary alicyclic amines) is 1. The van der Waals surface area contributed by atoms with E-state index < -0.39 is 11.9 Å². The molecular weight excluding hydrogens is 259 g/mol. The summed E-state index contributed by atoms with van der Waals surface area (Å²) in [6.07, 6.45) is 0.252. The van der Waals surface area contributed by atoms with Crippen molar-refractivity contribution in [3.05, 3.63) is 29.6 Å². The topological polar surface area (TPSA) is 52.6 Å². The number of carbonyl (C=O) groups is 1. The van der Waals surface area contributed by atoms with Gasteiger partial charge in [-0.1, -0.05) is 13.0 Å². The molecule has 1 aliphatic heterocycles. The Morgan fingerprint density at radius 2 is 2.30 bits per heavy atom. The lowest BCUT2D eigenvalue weighted by molar-refractivity contribution is 0.0249. The smallest absolute Gasteiger partial charge is 0.256 e. The van der Waals surface area contributed by atoms with Gasteiger partial charge in [0.05, 0.1) is 17.4 Å². The molecule has 1 fully saturated rings. The molecule has 1 saturated heterocycles. The number of nitrogens with one attached hydrogen (secondary N) is 1. The van der Waals surface area contributed by atoms with E-state index in [1.165, 1.54) is 12.1 Å². The molecule has 0 aromatic heterocycles. The average molecular weight is 280 g/mol. The van der Waals surface area contributed by atoms with E-state index in [1.807, 2.05) is 13.8 Å². The Bertz CT molecular complexity index is 493. The normalized spacial score (nSPS) is 22.7. The van der Waals surface area contributed by atoms with Gasteiger partial charge in [0.1, 0.15) is 5.82 Å². The van der Waals surface area contributed by atoms with Crippen LogP contribution in [0.3, 0.4) is 0 Å². The number of piperidine rings is 1. The summed E-state index contributed by atoms with van der Waals surface area (Å²) >= 11 is 0. The number of hydrogen-bond donors (Lipinski definition) is 2. The summed E-state index contributed by atoms with van der Waals surface area (Å²) in [7, 11) is 0. The Hall–Kier alpha value is -1.62. The molecular formula is C15H21FN2O2. The quantitative estimate of drug-likeness (QED) is 0.891. The second-order valence-corrected chi connectivity index (χ2v) is 5.28. The van der Waals surface area contributed by atoms with Gasteiger partial charge < -0.3 is 15.3 Å². The van der Waals surface area contributed by atoms with Crippen LogP contribution < -0.4 is 5.32 Å². The highest BCUT2D eigenvalue weighted by Crippen LogP contribution is 2.24. The number of carbonyl (C=O) groups excluding carboxylic acids is 1. The molecule has 1 amide bonds. The van der Waals surface area contributed by atoms with Crippen molar-refractivity contribution in [3.63, 3.8) is 0 Å². The van der Waals surface area contributed by atoms with E-state index in [4.69, 9.17) is 0 Å². The molecule has 0 bridgehead atoms. The van der Waals surface area contributed by atoms with Crippen LogP contribution in [-0.4, -0.2) is 41.7 Å². The Morgan fingerprint density at radius 1 is 1.55 bits per heavy atom. The van der Waals surface area contributed by atoms with Crippen molar-refractivity contribution >= 4 is 11.6 Å². The largest absolute Gasteiger partial charge is 0.391 e. The molecule has 1 aromatic rings. The minimum absolute atomic E-state index is 0.194. The van der Waals surface area contributed by atoms with E-state index in [-0.39, 0.29) is 17.5 Å². The third-order valence-corrected chi connectivity index (χ3v) is 3.80. The summed E-state index contributed by atoms with van der Waals surface area (Å²) in [6.45, 7) is 5.27. The maximum Gasteiger partial charge on any atom is 0.256 e. The molecule has 5 heteroatoms. The molecule has 2 N–H and O–H groups in total. The van der Waals surface area contributed by atoms with Gasteiger partial charge in [-0.05, 0) is 31.4 Å². The van der Waals surface area contributed by atoms with Gasteiger partial charge >= 0.3 is 0 Å². The molecule has 2 atom stereocenters. The monoisotopic (exact) mass is 280 g/mol. The van der Waals surface area contributed by atoms with Gasteiger partial charge in [-0.15, -0.1) is 0 Å². The summed E-state index contributed by atoms with van der Waals surface area (Å²) in [5, 5.41) is 12.8. The predicted octanol–water partition coefficient (Wildman–Crippen LogP) is 2.10. The maximum absolute atomic E-state index is 13.8. The number of halogens is 1. The van der Waals surface area contributed by atoms with Gasteiger partial charge in [0.15, 0.2) is 0 Å². The Morgan fingerprint density at radius 3 is 2.95 bits per heavy atom. The highest BCUT2D eigenvalue weighted by Gasteiger charge is 2.29. The fourth-order valence-corrected chi connectivity index (χ4v) is 2.46. The molecule has 4 nitrogen and oxygen atoms in total. The number of para-hydroxylation sites is 1. The standard InChI is InChI=1S/C15H21FN2O2/c1-3-17-14-11(5-4-6-12(14)16)15(20)18-8-7-10(2)13(19)9-18/h4-6,10,13,17,19H,3,7-9H2,1-2H3. The van der Waals surface area contributed by atoms with Gasteiger partial charge in [0, 0.05) is 19.6 Å². The van der Waals surface area contributed by atoms with Gasteiger partial charge in [-0.25, -0.2) is 4.39 Å². The lowest BCUT2D eigenvalue weighted by Gasteiger charge is -2.34. The maximum atomic E-state index is 13.8. The first kappa shape index (κ1) is 14.8. The van der Waals surface area contributed by atoms with E-state index in [2.05, 4.69) is 5.32 Å². The highest BCUT2D eigenvalue weighted by atomic mass is 19.1. The molecule has 0 spiro atoms. The van der Waals surface area contributed by atoms with E-state index in [0.29, 0.717) is 25.2 Å². The van der Waals surface area contributed by atoms with Crippen molar-refractivity contribution in [2.75, 3.05) is 25.0 Å². The van der Waals surface area contributed by atoms with Crippen LogP contribution in [0.2, 0.25) is 0 Å². The zero-order valence-electron chi connectivity index (χ0n) is 11.9. The van der Waals surface area contributed by atoms with Gasteiger partial charge in [0.2, 0.25) is 0 Å². The third kappa shape index (κ3) is 2.93. The zero-order chi connectivity index (χ0) is 14.7. The summed E-state index contributed by atoms with van der Waals surface area (Å²) in [5.74, 6) is -0.463. The van der Waals surface area contributed by atoms with Gasteiger partial charge in [0.25, 0.3) is 5.91 Å². The first-order chi connectivity index (χ1) is 9.54. The Labute approximate surface area is 118 Å². The number of β-amino-alcohol motifs (C(OH)–C–C–N with tert-alkyl or cyclic N) is 1. The van der Waals surface area contributed by atoms with Crippen molar-refractivity contribution in [1.29, 1.82) is 0 Å². The van der Waals surface area contributed by atoms with Crippen molar-refractivity contribution in [2.24, 2.45) is 5.92 Å². The number of aliphatic hydroxyl groups is 1. The number of benzene rings is 1. The number of amides is 1. The van der Waals surface area contributed by atoms with Gasteiger partial charge in [-0.3, -0.25) is 4.79 Å². The Kier molecular flexibility index (Phi) is 4.60. The number of anilines is 1. The second-order valence-electron chi connectivity index (χ2n) is 5.28. The van der Waals surface area contributed by atoms with E-state index in [1.54, 1.807) is 11.0 Å². The lowest BCUT2D eigenvalue weighted by atomic mass is 9.95. The zero-order valence-corrected chi connectivity index (χ0v) is 11.9. The van der Waals surface area contributed by atoms with Crippen molar-refractivity contribution < 1.29 is 14.3 Å². The minimum atomic E-state index is -0.510. The predicted molar refractivity (Wildman–Crippen MR) is 76.3 cm³/mol. The number of rotatable bonds is 3. The molecule has 0 saturated carbocycles. The molecule has 1 heterocycles. The SMILES string of the molecule is CCNc1c(F)cccc1C(=O)N1CCC(C)C(O)C1. The van der Waals surface area contributed by atoms with Crippen LogP contribution in [0.15, 0.2) is 18.2 Å². The molecule has 110 valence electrons. The van der Waals surface area contributed by atoms with Crippen molar-refractivity contribution in [2.45, 2.75) is 26.4 Å². The second kappa shape index (κ2) is 6.22. The minimum Gasteiger partial charge on any atom is -0.391 e. The van der Waals surface area contributed by atoms with Crippen LogP contribution in [0, 0.1) is 11.7 Å². The van der Waals surface area contributed by atoms with Crippen LogP contribution in [-0.2, 0) is 0 Å². The highest BCUT2D eigenvalue weighted by molar-refractivity contribution is 5.99. The Balaban J connectivity index is 2.23. The van der Waals surface area contributed by atoms with E-state index in [0.717, 1.165) is 6.42 Å². The van der Waals surface area contributed by atoms with Crippen LogP contribution in [0.5, 0.6) is 0 Å². The molecule has 20 heavy (non-hydrogen) atoms. The van der Waals surface area contributed by atoms with Crippen LogP contribution in [0.1, 0.15) is 30.6 Å². The molecule has 2 unspecified atom stereocenters. The first-order valence-corrected chi connectivity index (χ1v) is 7.04. The molecule has 1 aliphatic rings. The summed E-state index contributed by atoms with van der Waals surface area (Å²) in [5.41, 5.74) is 0.571. The van der Waals surface area contributed by atoms with Crippen LogP contribution in [0.25, 0.3) is 0 Å². The van der Waals surface area contributed by atoms with E-state index >= 15 is 0 Å². The molecule has 0 radical (unpaired) electrons. The average Bonchev–Trinajstić information content (AvgIpc) is 2.43.